The summed E-state index contributed by atoms with van der Waals surface area (Å²) < 4.78 is 0. The molecule has 0 aliphatic heterocycles. The van der Waals surface area contributed by atoms with Gasteiger partial charge in [-0.25, -0.2) is 0 Å². The molecule has 1 aliphatic rings. The average Bonchev–Trinajstić information content (AvgIpc) is 2.68. The van der Waals surface area contributed by atoms with E-state index in [1.54, 1.807) is 4.90 Å². The van der Waals surface area contributed by atoms with Crippen molar-refractivity contribution in [3.8, 4) is 0 Å². The minimum atomic E-state index is 0.185. The van der Waals surface area contributed by atoms with Gasteiger partial charge in [0.25, 0.3) is 0 Å². The summed E-state index contributed by atoms with van der Waals surface area (Å²) in [5, 5.41) is 3.27. The van der Waals surface area contributed by atoms with Gasteiger partial charge in [-0.05, 0) is 18.8 Å². The molecule has 3 nitrogen and oxygen atoms in total. The van der Waals surface area contributed by atoms with Gasteiger partial charge in [0.1, 0.15) is 0 Å². The highest BCUT2D eigenvalue weighted by molar-refractivity contribution is 5.78. The van der Waals surface area contributed by atoms with Crippen LogP contribution in [0.3, 0.4) is 0 Å². The molecule has 1 N–H and O–H groups in total. The van der Waals surface area contributed by atoms with E-state index in [-0.39, 0.29) is 5.91 Å². The molecule has 0 aromatic heterocycles. The van der Waals surface area contributed by atoms with Crippen molar-refractivity contribution in [1.82, 2.24) is 10.2 Å². The van der Waals surface area contributed by atoms with E-state index in [0.717, 1.165) is 6.54 Å². The first-order chi connectivity index (χ1) is 5.97. The molecule has 1 aliphatic carbocycles. The minimum Gasteiger partial charge on any atom is -0.345 e. The van der Waals surface area contributed by atoms with E-state index >= 15 is 0 Å². The molecule has 0 saturated heterocycles. The van der Waals surface area contributed by atoms with Crippen LogP contribution >= 0.6 is 0 Å². The molecule has 13 heavy (non-hydrogen) atoms. The molecule has 3 heteroatoms. The predicted octanol–water partition coefficient (Wildman–Crippen LogP) is 0.853. The number of hydrogen-bond donors (Lipinski definition) is 1. The fraction of sp³-hybridized carbons (Fsp3) is 0.900. The Morgan fingerprint density at radius 3 is 2.54 bits per heavy atom. The van der Waals surface area contributed by atoms with Gasteiger partial charge in [0.2, 0.25) is 5.91 Å². The molecule has 1 unspecified atom stereocenters. The lowest BCUT2D eigenvalue weighted by molar-refractivity contribution is -0.128. The van der Waals surface area contributed by atoms with Gasteiger partial charge >= 0.3 is 0 Å². The number of likely N-dealkylation sites (N-methyl/N-ethyl adjacent to an activating group) is 1. The first-order valence-corrected chi connectivity index (χ1v) is 4.94. The van der Waals surface area contributed by atoms with Crippen LogP contribution in [0.4, 0.5) is 0 Å². The molecule has 1 saturated carbocycles. The SMILES string of the molecule is CCN(C)C(=O)CNC1CC1(C)C. The van der Waals surface area contributed by atoms with E-state index in [0.29, 0.717) is 18.0 Å². The summed E-state index contributed by atoms with van der Waals surface area (Å²) in [6.07, 6.45) is 1.19. The molecule has 0 bridgehead atoms. The average molecular weight is 184 g/mol. The number of carbonyl (C=O) groups excluding carboxylic acids is 1. The summed E-state index contributed by atoms with van der Waals surface area (Å²) in [6, 6.07) is 0.543. The number of hydrogen-bond acceptors (Lipinski definition) is 2. The maximum atomic E-state index is 11.4. The second-order valence-electron chi connectivity index (χ2n) is 4.53. The second-order valence-corrected chi connectivity index (χ2v) is 4.53. The highest BCUT2D eigenvalue weighted by atomic mass is 16.2. The molecule has 0 radical (unpaired) electrons. The Hall–Kier alpha value is -0.570. The van der Waals surface area contributed by atoms with E-state index < -0.39 is 0 Å². The maximum absolute atomic E-state index is 11.4. The molecular formula is C10H20N2O. The summed E-state index contributed by atoms with van der Waals surface area (Å²) in [5.41, 5.74) is 0.408. The third kappa shape index (κ3) is 2.69. The number of rotatable bonds is 4. The third-order valence-electron chi connectivity index (χ3n) is 2.91. The van der Waals surface area contributed by atoms with Crippen molar-refractivity contribution in [3.63, 3.8) is 0 Å². The van der Waals surface area contributed by atoms with Crippen LogP contribution in [0.5, 0.6) is 0 Å². The van der Waals surface area contributed by atoms with Crippen molar-refractivity contribution in [2.45, 2.75) is 33.2 Å². The van der Waals surface area contributed by atoms with Gasteiger partial charge in [0.05, 0.1) is 6.54 Å². The highest BCUT2D eigenvalue weighted by Gasteiger charge is 2.45. The van der Waals surface area contributed by atoms with E-state index in [1.165, 1.54) is 6.42 Å². The number of nitrogens with zero attached hydrogens (tertiary/aromatic N) is 1. The van der Waals surface area contributed by atoms with Gasteiger partial charge in [-0.1, -0.05) is 13.8 Å². The van der Waals surface area contributed by atoms with Crippen molar-refractivity contribution in [1.29, 1.82) is 0 Å². The van der Waals surface area contributed by atoms with Crippen molar-refractivity contribution >= 4 is 5.91 Å². The molecule has 0 spiro atoms. The molecule has 0 aromatic carbocycles. The Labute approximate surface area is 80.5 Å². The van der Waals surface area contributed by atoms with Gasteiger partial charge < -0.3 is 10.2 Å². The Morgan fingerprint density at radius 1 is 1.62 bits per heavy atom. The molecule has 1 amide bonds. The van der Waals surface area contributed by atoms with Crippen LogP contribution in [0.25, 0.3) is 0 Å². The van der Waals surface area contributed by atoms with Gasteiger partial charge in [-0.2, -0.15) is 0 Å². The third-order valence-corrected chi connectivity index (χ3v) is 2.91. The normalized spacial score (nSPS) is 24.2. The fourth-order valence-corrected chi connectivity index (χ4v) is 1.34. The van der Waals surface area contributed by atoms with Crippen LogP contribution in [0.1, 0.15) is 27.2 Å². The lowest BCUT2D eigenvalue weighted by Gasteiger charge is -2.15. The Morgan fingerprint density at radius 2 is 2.15 bits per heavy atom. The van der Waals surface area contributed by atoms with Crippen molar-refractivity contribution in [3.05, 3.63) is 0 Å². The Balaban J connectivity index is 2.17. The standard InChI is InChI=1S/C10H20N2O/c1-5-12(4)9(13)7-11-8-6-10(8,2)3/h8,11H,5-7H2,1-4H3. The summed E-state index contributed by atoms with van der Waals surface area (Å²) in [6.45, 7) is 7.70. The van der Waals surface area contributed by atoms with Gasteiger partial charge in [0.15, 0.2) is 0 Å². The number of carbonyl (C=O) groups is 1. The lowest BCUT2D eigenvalue weighted by atomic mass is 10.2. The monoisotopic (exact) mass is 184 g/mol. The fourth-order valence-electron chi connectivity index (χ4n) is 1.34. The van der Waals surface area contributed by atoms with Gasteiger partial charge in [-0.3, -0.25) is 4.79 Å². The van der Waals surface area contributed by atoms with E-state index in [4.69, 9.17) is 0 Å². The zero-order valence-corrected chi connectivity index (χ0v) is 9.05. The molecule has 1 atom stereocenters. The van der Waals surface area contributed by atoms with Gasteiger partial charge in [0, 0.05) is 19.6 Å². The van der Waals surface area contributed by atoms with E-state index in [1.807, 2.05) is 14.0 Å². The zero-order chi connectivity index (χ0) is 10.1. The summed E-state index contributed by atoms with van der Waals surface area (Å²) in [5.74, 6) is 0.185. The van der Waals surface area contributed by atoms with Crippen LogP contribution in [0.15, 0.2) is 0 Å². The quantitative estimate of drug-likeness (QED) is 0.702. The van der Waals surface area contributed by atoms with Crippen LogP contribution in [-0.2, 0) is 4.79 Å². The first-order valence-electron chi connectivity index (χ1n) is 4.94. The van der Waals surface area contributed by atoms with Crippen LogP contribution < -0.4 is 5.32 Å². The largest absolute Gasteiger partial charge is 0.345 e. The van der Waals surface area contributed by atoms with Crippen LogP contribution in [0, 0.1) is 5.41 Å². The molecule has 0 aromatic rings. The smallest absolute Gasteiger partial charge is 0.236 e. The number of amides is 1. The van der Waals surface area contributed by atoms with Crippen molar-refractivity contribution < 1.29 is 4.79 Å². The molecule has 1 rings (SSSR count). The first kappa shape index (κ1) is 10.5. The summed E-state index contributed by atoms with van der Waals surface area (Å²) in [7, 11) is 1.84. The number of nitrogens with one attached hydrogen (secondary N) is 1. The van der Waals surface area contributed by atoms with Crippen LogP contribution in [0.2, 0.25) is 0 Å². The van der Waals surface area contributed by atoms with Crippen molar-refractivity contribution in [2.75, 3.05) is 20.1 Å². The van der Waals surface area contributed by atoms with Crippen molar-refractivity contribution in [2.24, 2.45) is 5.41 Å². The Kier molecular flexibility index (Phi) is 2.96. The molecule has 76 valence electrons. The second kappa shape index (κ2) is 3.66. The highest BCUT2D eigenvalue weighted by Crippen LogP contribution is 2.44. The zero-order valence-electron chi connectivity index (χ0n) is 9.05. The van der Waals surface area contributed by atoms with Crippen LogP contribution in [-0.4, -0.2) is 37.0 Å². The minimum absolute atomic E-state index is 0.185. The Bertz CT molecular complexity index is 201. The van der Waals surface area contributed by atoms with E-state index in [9.17, 15) is 4.79 Å². The molecule has 1 fully saturated rings. The predicted molar refractivity (Wildman–Crippen MR) is 53.5 cm³/mol. The summed E-state index contributed by atoms with van der Waals surface area (Å²) >= 11 is 0. The maximum Gasteiger partial charge on any atom is 0.236 e. The topological polar surface area (TPSA) is 32.3 Å². The van der Waals surface area contributed by atoms with E-state index in [2.05, 4.69) is 19.2 Å². The lowest BCUT2D eigenvalue weighted by Crippen LogP contribution is -2.37. The molecule has 0 heterocycles. The molecular weight excluding hydrogens is 164 g/mol. The summed E-state index contributed by atoms with van der Waals surface area (Å²) in [4.78, 5) is 13.1. The van der Waals surface area contributed by atoms with Gasteiger partial charge in [-0.15, -0.1) is 0 Å².